The number of rotatable bonds is 3. The molecule has 1 unspecified atom stereocenters. The smallest absolute Gasteiger partial charge is 0.127 e. The standard InChI is InChI=1S/C15H12BrCl2F/c1-9-5-12(14(18)8-15(9)19)13(17)7-10-3-2-4-11(16)6-10/h2-6,8,13H,7H2,1H3. The quantitative estimate of drug-likeness (QED) is 0.581. The third-order valence-electron chi connectivity index (χ3n) is 2.92. The minimum atomic E-state index is -0.305. The lowest BCUT2D eigenvalue weighted by molar-refractivity contribution is 0.617. The minimum absolute atomic E-state index is 0.277. The largest absolute Gasteiger partial charge is 0.207 e. The van der Waals surface area contributed by atoms with Crippen LogP contribution in [0.25, 0.3) is 0 Å². The van der Waals surface area contributed by atoms with E-state index in [1.54, 1.807) is 13.0 Å². The molecule has 4 heteroatoms. The van der Waals surface area contributed by atoms with Gasteiger partial charge in [-0.15, -0.1) is 11.6 Å². The summed E-state index contributed by atoms with van der Waals surface area (Å²) in [6.07, 6.45) is 0.645. The molecule has 2 aromatic carbocycles. The maximum atomic E-state index is 13.4. The number of benzene rings is 2. The van der Waals surface area contributed by atoms with E-state index in [2.05, 4.69) is 15.9 Å². The van der Waals surface area contributed by atoms with Gasteiger partial charge < -0.3 is 0 Å². The Hall–Kier alpha value is -0.570. The van der Waals surface area contributed by atoms with Gasteiger partial charge in [-0.25, -0.2) is 4.39 Å². The van der Waals surface area contributed by atoms with Gasteiger partial charge in [0.2, 0.25) is 0 Å². The van der Waals surface area contributed by atoms with E-state index in [9.17, 15) is 4.39 Å². The summed E-state index contributed by atoms with van der Waals surface area (Å²) in [6, 6.07) is 11.0. The molecule has 0 spiro atoms. The molecule has 0 amide bonds. The summed E-state index contributed by atoms with van der Waals surface area (Å²) < 4.78 is 14.4. The summed E-state index contributed by atoms with van der Waals surface area (Å²) in [7, 11) is 0. The molecule has 2 aromatic rings. The molecule has 0 aliphatic carbocycles. The van der Waals surface area contributed by atoms with Crippen LogP contribution < -0.4 is 0 Å². The van der Waals surface area contributed by atoms with Crippen LogP contribution in [0.3, 0.4) is 0 Å². The maximum Gasteiger partial charge on any atom is 0.127 e. The monoisotopic (exact) mass is 360 g/mol. The van der Waals surface area contributed by atoms with Gasteiger partial charge in [0.15, 0.2) is 0 Å². The summed E-state index contributed by atoms with van der Waals surface area (Å²) in [5, 5.41) is 0.0965. The van der Waals surface area contributed by atoms with Gasteiger partial charge in [-0.3, -0.25) is 0 Å². The topological polar surface area (TPSA) is 0 Å². The first-order valence-electron chi connectivity index (χ1n) is 5.81. The first-order chi connectivity index (χ1) is 8.97. The van der Waals surface area contributed by atoms with Crippen molar-refractivity contribution in [2.24, 2.45) is 0 Å². The first kappa shape index (κ1) is 14.8. The van der Waals surface area contributed by atoms with Crippen LogP contribution in [0.15, 0.2) is 40.9 Å². The van der Waals surface area contributed by atoms with Crippen LogP contribution in [0.5, 0.6) is 0 Å². The zero-order valence-corrected chi connectivity index (χ0v) is 13.4. The van der Waals surface area contributed by atoms with Crippen molar-refractivity contribution in [3.8, 4) is 0 Å². The van der Waals surface area contributed by atoms with E-state index in [4.69, 9.17) is 23.2 Å². The van der Waals surface area contributed by atoms with Gasteiger partial charge in [-0.05, 0) is 48.2 Å². The van der Waals surface area contributed by atoms with Gasteiger partial charge in [0, 0.05) is 9.50 Å². The van der Waals surface area contributed by atoms with E-state index in [1.807, 2.05) is 24.3 Å². The van der Waals surface area contributed by atoms with Gasteiger partial charge in [0.25, 0.3) is 0 Å². The minimum Gasteiger partial charge on any atom is -0.207 e. The van der Waals surface area contributed by atoms with Crippen LogP contribution in [0, 0.1) is 12.7 Å². The molecule has 0 N–H and O–H groups in total. The zero-order chi connectivity index (χ0) is 14.0. The molecule has 100 valence electrons. The van der Waals surface area contributed by atoms with Crippen molar-refractivity contribution in [2.45, 2.75) is 18.7 Å². The highest BCUT2D eigenvalue weighted by Gasteiger charge is 2.15. The zero-order valence-electron chi connectivity index (χ0n) is 10.3. The maximum absolute atomic E-state index is 13.4. The van der Waals surface area contributed by atoms with E-state index < -0.39 is 0 Å². The molecule has 0 aliphatic rings. The summed E-state index contributed by atoms with van der Waals surface area (Å²) >= 11 is 15.9. The van der Waals surface area contributed by atoms with E-state index in [1.165, 1.54) is 6.07 Å². The Morgan fingerprint density at radius 1 is 1.26 bits per heavy atom. The van der Waals surface area contributed by atoms with E-state index in [-0.39, 0.29) is 11.2 Å². The third-order valence-corrected chi connectivity index (χ3v) is 4.13. The Kier molecular flexibility index (Phi) is 4.88. The fraction of sp³-hybridized carbons (Fsp3) is 0.200. The fourth-order valence-corrected chi connectivity index (χ4v) is 3.04. The van der Waals surface area contributed by atoms with Crippen molar-refractivity contribution in [3.05, 3.63) is 68.4 Å². The Bertz CT molecular complexity index is 599. The lowest BCUT2D eigenvalue weighted by Crippen LogP contribution is -1.99. The van der Waals surface area contributed by atoms with Gasteiger partial charge >= 0.3 is 0 Å². The Balaban J connectivity index is 2.25. The molecule has 0 bridgehead atoms. The SMILES string of the molecule is Cc1cc(C(Cl)Cc2cccc(Br)c2)c(Cl)cc1F. The van der Waals surface area contributed by atoms with Crippen LogP contribution in [0.2, 0.25) is 5.02 Å². The normalized spacial score (nSPS) is 12.5. The number of hydrogen-bond donors (Lipinski definition) is 0. The summed E-state index contributed by atoms with van der Waals surface area (Å²) in [6.45, 7) is 1.71. The predicted octanol–water partition coefficient (Wildman–Crippen LogP) is 6.07. The van der Waals surface area contributed by atoms with Crippen molar-refractivity contribution in [3.63, 3.8) is 0 Å². The molecule has 0 saturated heterocycles. The summed E-state index contributed by atoms with van der Waals surface area (Å²) in [5.41, 5.74) is 2.42. The van der Waals surface area contributed by atoms with Crippen LogP contribution >= 0.6 is 39.1 Å². The van der Waals surface area contributed by atoms with Crippen LogP contribution in [0.4, 0.5) is 4.39 Å². The van der Waals surface area contributed by atoms with Crippen molar-refractivity contribution >= 4 is 39.1 Å². The molecule has 0 radical (unpaired) electrons. The average Bonchev–Trinajstić information content (AvgIpc) is 2.33. The molecule has 19 heavy (non-hydrogen) atoms. The summed E-state index contributed by atoms with van der Waals surface area (Å²) in [5.74, 6) is -0.305. The second-order valence-corrected chi connectivity index (χ2v) is 6.27. The molecule has 1 atom stereocenters. The Labute approximate surface area is 130 Å². The second-order valence-electron chi connectivity index (χ2n) is 4.42. The molecule has 0 fully saturated rings. The number of alkyl halides is 1. The summed E-state index contributed by atoms with van der Waals surface area (Å²) in [4.78, 5) is 0. The van der Waals surface area contributed by atoms with Gasteiger partial charge in [0.1, 0.15) is 5.82 Å². The molecule has 0 heterocycles. The highest BCUT2D eigenvalue weighted by Crippen LogP contribution is 2.32. The van der Waals surface area contributed by atoms with Crippen LogP contribution in [0.1, 0.15) is 22.1 Å². The average molecular weight is 362 g/mol. The highest BCUT2D eigenvalue weighted by molar-refractivity contribution is 9.10. The van der Waals surface area contributed by atoms with Crippen molar-refractivity contribution in [2.75, 3.05) is 0 Å². The van der Waals surface area contributed by atoms with Gasteiger partial charge in [-0.2, -0.15) is 0 Å². The number of halogens is 4. The van der Waals surface area contributed by atoms with Crippen molar-refractivity contribution in [1.29, 1.82) is 0 Å². The lowest BCUT2D eigenvalue weighted by Gasteiger charge is -2.13. The van der Waals surface area contributed by atoms with E-state index in [0.717, 1.165) is 15.6 Å². The Morgan fingerprint density at radius 3 is 2.68 bits per heavy atom. The fourth-order valence-electron chi connectivity index (χ4n) is 1.90. The van der Waals surface area contributed by atoms with E-state index in [0.29, 0.717) is 17.0 Å². The van der Waals surface area contributed by atoms with Crippen LogP contribution in [-0.2, 0) is 6.42 Å². The third kappa shape index (κ3) is 3.71. The molecule has 2 rings (SSSR count). The Morgan fingerprint density at radius 2 is 2.00 bits per heavy atom. The van der Waals surface area contributed by atoms with Crippen LogP contribution in [-0.4, -0.2) is 0 Å². The predicted molar refractivity (Wildman–Crippen MR) is 82.6 cm³/mol. The second kappa shape index (κ2) is 6.25. The molecular weight excluding hydrogens is 350 g/mol. The molecule has 0 aromatic heterocycles. The van der Waals surface area contributed by atoms with Gasteiger partial charge in [0.05, 0.1) is 5.38 Å². The highest BCUT2D eigenvalue weighted by atomic mass is 79.9. The molecular formula is C15H12BrCl2F. The number of hydrogen-bond acceptors (Lipinski definition) is 0. The van der Waals surface area contributed by atoms with E-state index >= 15 is 0 Å². The molecule has 0 saturated carbocycles. The van der Waals surface area contributed by atoms with Gasteiger partial charge in [-0.1, -0.05) is 45.7 Å². The lowest BCUT2D eigenvalue weighted by atomic mass is 10.0. The number of aryl methyl sites for hydroxylation is 1. The molecule has 0 aliphatic heterocycles. The van der Waals surface area contributed by atoms with Crippen molar-refractivity contribution in [1.82, 2.24) is 0 Å². The molecule has 0 nitrogen and oxygen atoms in total. The van der Waals surface area contributed by atoms with Crippen molar-refractivity contribution < 1.29 is 4.39 Å². The first-order valence-corrected chi connectivity index (χ1v) is 7.42.